The fourth-order valence-corrected chi connectivity index (χ4v) is 2.94. The van der Waals surface area contributed by atoms with Gasteiger partial charge in [-0.15, -0.1) is 0 Å². The zero-order valence-corrected chi connectivity index (χ0v) is 14.6. The third-order valence-corrected chi connectivity index (χ3v) is 4.39. The van der Waals surface area contributed by atoms with E-state index in [9.17, 15) is 4.79 Å². The monoisotopic (exact) mass is 345 g/mol. The lowest BCUT2D eigenvalue weighted by Crippen LogP contribution is -2.15. The van der Waals surface area contributed by atoms with E-state index in [0.29, 0.717) is 29.7 Å². The summed E-state index contributed by atoms with van der Waals surface area (Å²) in [5.74, 6) is 1.08. The fourth-order valence-electron chi connectivity index (χ4n) is 2.65. The SMILES string of the molecule is Cc1cccc(NC(=O)Cc2cc(Cl)c3c(c2)OCCCO3)c1C. The van der Waals surface area contributed by atoms with Crippen molar-refractivity contribution in [3.63, 3.8) is 0 Å². The van der Waals surface area contributed by atoms with Gasteiger partial charge in [0.25, 0.3) is 0 Å². The van der Waals surface area contributed by atoms with E-state index in [-0.39, 0.29) is 12.3 Å². The Morgan fingerprint density at radius 3 is 2.83 bits per heavy atom. The molecule has 1 N–H and O–H groups in total. The van der Waals surface area contributed by atoms with Crippen molar-refractivity contribution in [3.05, 3.63) is 52.0 Å². The van der Waals surface area contributed by atoms with E-state index in [2.05, 4.69) is 5.32 Å². The summed E-state index contributed by atoms with van der Waals surface area (Å²) in [6.07, 6.45) is 1.04. The van der Waals surface area contributed by atoms with E-state index in [1.165, 1.54) is 0 Å². The molecule has 126 valence electrons. The van der Waals surface area contributed by atoms with Crippen LogP contribution in [-0.4, -0.2) is 19.1 Å². The summed E-state index contributed by atoms with van der Waals surface area (Å²) < 4.78 is 11.3. The number of hydrogen-bond donors (Lipinski definition) is 1. The van der Waals surface area contributed by atoms with E-state index in [4.69, 9.17) is 21.1 Å². The molecule has 3 rings (SSSR count). The first-order valence-corrected chi connectivity index (χ1v) is 8.36. The maximum atomic E-state index is 12.4. The number of ether oxygens (including phenoxy) is 2. The Hall–Kier alpha value is -2.20. The zero-order valence-electron chi connectivity index (χ0n) is 13.8. The molecule has 0 saturated carbocycles. The highest BCUT2D eigenvalue weighted by Gasteiger charge is 2.17. The average Bonchev–Trinajstić information content (AvgIpc) is 2.77. The predicted molar refractivity (Wildman–Crippen MR) is 95.3 cm³/mol. The molecule has 24 heavy (non-hydrogen) atoms. The quantitative estimate of drug-likeness (QED) is 0.902. The van der Waals surface area contributed by atoms with Gasteiger partial charge in [-0.05, 0) is 48.7 Å². The number of carbonyl (C=O) groups excluding carboxylic acids is 1. The van der Waals surface area contributed by atoms with Crippen molar-refractivity contribution in [3.8, 4) is 11.5 Å². The van der Waals surface area contributed by atoms with Crippen molar-refractivity contribution in [1.29, 1.82) is 0 Å². The molecule has 0 atom stereocenters. The molecule has 2 aromatic carbocycles. The van der Waals surface area contributed by atoms with Crippen LogP contribution in [0.1, 0.15) is 23.1 Å². The first-order chi connectivity index (χ1) is 11.5. The number of hydrogen-bond acceptors (Lipinski definition) is 3. The van der Waals surface area contributed by atoms with Gasteiger partial charge in [0.1, 0.15) is 0 Å². The zero-order chi connectivity index (χ0) is 17.1. The second-order valence-corrected chi connectivity index (χ2v) is 6.34. The molecule has 0 fully saturated rings. The molecule has 0 aliphatic carbocycles. The fraction of sp³-hybridized carbons (Fsp3) is 0.316. The van der Waals surface area contributed by atoms with Gasteiger partial charge in [-0.25, -0.2) is 0 Å². The predicted octanol–water partition coefficient (Wildman–Crippen LogP) is 4.30. The number of aryl methyl sites for hydroxylation is 1. The van der Waals surface area contributed by atoms with Crippen LogP contribution in [0.5, 0.6) is 11.5 Å². The van der Waals surface area contributed by atoms with Crippen molar-refractivity contribution in [2.45, 2.75) is 26.7 Å². The molecule has 0 unspecified atom stereocenters. The van der Waals surface area contributed by atoms with Gasteiger partial charge in [0.15, 0.2) is 11.5 Å². The number of carbonyl (C=O) groups is 1. The molecule has 0 aromatic heterocycles. The summed E-state index contributed by atoms with van der Waals surface area (Å²) in [5.41, 5.74) is 3.85. The number of benzene rings is 2. The molecule has 1 heterocycles. The molecule has 0 bridgehead atoms. The van der Waals surface area contributed by atoms with Crippen molar-refractivity contribution in [1.82, 2.24) is 0 Å². The molecule has 5 heteroatoms. The van der Waals surface area contributed by atoms with Gasteiger partial charge >= 0.3 is 0 Å². The number of fused-ring (bicyclic) bond motifs is 1. The Bertz CT molecular complexity index is 773. The average molecular weight is 346 g/mol. The van der Waals surface area contributed by atoms with Gasteiger partial charge < -0.3 is 14.8 Å². The van der Waals surface area contributed by atoms with Crippen LogP contribution in [-0.2, 0) is 11.2 Å². The molecule has 1 amide bonds. The third-order valence-electron chi connectivity index (χ3n) is 4.11. The van der Waals surface area contributed by atoms with Gasteiger partial charge in [-0.3, -0.25) is 4.79 Å². The van der Waals surface area contributed by atoms with Crippen molar-refractivity contribution >= 4 is 23.2 Å². The van der Waals surface area contributed by atoms with Crippen LogP contribution in [0.15, 0.2) is 30.3 Å². The molecular formula is C19H20ClNO3. The number of amides is 1. The number of halogens is 1. The van der Waals surface area contributed by atoms with Crippen LogP contribution in [0.4, 0.5) is 5.69 Å². The van der Waals surface area contributed by atoms with Crippen LogP contribution in [0.25, 0.3) is 0 Å². The van der Waals surface area contributed by atoms with Crippen LogP contribution in [0, 0.1) is 13.8 Å². The third kappa shape index (κ3) is 3.65. The first kappa shape index (κ1) is 16.7. The summed E-state index contributed by atoms with van der Waals surface area (Å²) in [6.45, 7) is 5.19. The van der Waals surface area contributed by atoms with E-state index >= 15 is 0 Å². The lowest BCUT2D eigenvalue weighted by atomic mass is 10.1. The van der Waals surface area contributed by atoms with Gasteiger partial charge in [-0.2, -0.15) is 0 Å². The minimum absolute atomic E-state index is 0.0887. The highest BCUT2D eigenvalue weighted by atomic mass is 35.5. The van der Waals surface area contributed by atoms with Crippen LogP contribution >= 0.6 is 11.6 Å². The Kier molecular flexibility index (Phi) is 4.95. The van der Waals surface area contributed by atoms with E-state index < -0.39 is 0 Å². The molecule has 2 aromatic rings. The standard InChI is InChI=1S/C19H20ClNO3/c1-12-5-3-6-16(13(12)2)21-18(22)11-14-9-15(20)19-17(10-14)23-7-4-8-24-19/h3,5-6,9-10H,4,7-8,11H2,1-2H3,(H,21,22). The minimum atomic E-state index is -0.0887. The number of anilines is 1. The molecular weight excluding hydrogens is 326 g/mol. The van der Waals surface area contributed by atoms with E-state index in [1.807, 2.05) is 38.1 Å². The summed E-state index contributed by atoms with van der Waals surface area (Å²) in [7, 11) is 0. The maximum absolute atomic E-state index is 12.4. The van der Waals surface area contributed by atoms with Gasteiger partial charge in [-0.1, -0.05) is 23.7 Å². The summed E-state index contributed by atoms with van der Waals surface area (Å²) in [5, 5.41) is 3.43. The molecule has 1 aliphatic heterocycles. The number of rotatable bonds is 3. The van der Waals surface area contributed by atoms with Crippen LogP contribution in [0.3, 0.4) is 0 Å². The summed E-state index contributed by atoms with van der Waals surface area (Å²) in [4.78, 5) is 12.4. The molecule has 0 saturated heterocycles. The highest BCUT2D eigenvalue weighted by Crippen LogP contribution is 2.38. The maximum Gasteiger partial charge on any atom is 0.228 e. The van der Waals surface area contributed by atoms with Crippen molar-refractivity contribution in [2.75, 3.05) is 18.5 Å². The summed E-state index contributed by atoms with van der Waals surface area (Å²) >= 11 is 6.27. The minimum Gasteiger partial charge on any atom is -0.489 e. The molecule has 0 radical (unpaired) electrons. The Labute approximate surface area is 146 Å². The number of nitrogens with one attached hydrogen (secondary N) is 1. The van der Waals surface area contributed by atoms with Crippen LogP contribution < -0.4 is 14.8 Å². The Morgan fingerprint density at radius 2 is 2.00 bits per heavy atom. The second kappa shape index (κ2) is 7.14. The van der Waals surface area contributed by atoms with Crippen LogP contribution in [0.2, 0.25) is 5.02 Å². The van der Waals surface area contributed by atoms with E-state index in [0.717, 1.165) is 28.8 Å². The van der Waals surface area contributed by atoms with Crippen molar-refractivity contribution in [2.24, 2.45) is 0 Å². The first-order valence-electron chi connectivity index (χ1n) is 7.98. The highest BCUT2D eigenvalue weighted by molar-refractivity contribution is 6.32. The molecule has 0 spiro atoms. The van der Waals surface area contributed by atoms with E-state index in [1.54, 1.807) is 6.07 Å². The van der Waals surface area contributed by atoms with Gasteiger partial charge in [0, 0.05) is 12.1 Å². The smallest absolute Gasteiger partial charge is 0.228 e. The molecule has 4 nitrogen and oxygen atoms in total. The van der Waals surface area contributed by atoms with Crippen molar-refractivity contribution < 1.29 is 14.3 Å². The summed E-state index contributed by atoms with van der Waals surface area (Å²) in [6, 6.07) is 9.45. The lowest BCUT2D eigenvalue weighted by Gasteiger charge is -2.13. The second-order valence-electron chi connectivity index (χ2n) is 5.93. The van der Waals surface area contributed by atoms with Gasteiger partial charge in [0.05, 0.1) is 24.7 Å². The largest absolute Gasteiger partial charge is 0.489 e. The molecule has 1 aliphatic rings. The Balaban J connectivity index is 1.76. The lowest BCUT2D eigenvalue weighted by molar-refractivity contribution is -0.115. The normalized spacial score (nSPS) is 13.3. The topological polar surface area (TPSA) is 47.6 Å². The van der Waals surface area contributed by atoms with Gasteiger partial charge in [0.2, 0.25) is 5.91 Å². The Morgan fingerprint density at radius 1 is 1.21 bits per heavy atom.